The van der Waals surface area contributed by atoms with Crippen molar-refractivity contribution in [3.8, 4) is 5.75 Å². The number of carbonyl (C=O) groups is 1. The summed E-state index contributed by atoms with van der Waals surface area (Å²) < 4.78 is 5.64. The van der Waals surface area contributed by atoms with Crippen molar-refractivity contribution >= 4 is 11.6 Å². The number of amides is 1. The maximum absolute atomic E-state index is 13.7. The van der Waals surface area contributed by atoms with Crippen molar-refractivity contribution in [3.05, 3.63) is 101 Å². The quantitative estimate of drug-likeness (QED) is 0.418. The minimum atomic E-state index is -0.118. The highest BCUT2D eigenvalue weighted by molar-refractivity contribution is 6.04. The molecule has 1 saturated heterocycles. The summed E-state index contributed by atoms with van der Waals surface area (Å²) in [6, 6.07) is 25.0. The van der Waals surface area contributed by atoms with E-state index >= 15 is 0 Å². The van der Waals surface area contributed by atoms with Gasteiger partial charge in [0.05, 0.1) is 24.9 Å². The summed E-state index contributed by atoms with van der Waals surface area (Å²) in [5, 5.41) is 6.68. The number of hydrogen-bond donors (Lipinski definition) is 0. The van der Waals surface area contributed by atoms with Gasteiger partial charge in [-0.3, -0.25) is 14.6 Å². The molecule has 0 bridgehead atoms. The molecule has 198 valence electrons. The second-order valence-electron chi connectivity index (χ2n) is 10.4. The minimum absolute atomic E-state index is 0.0562. The molecule has 3 aromatic rings. The molecule has 0 spiro atoms. The van der Waals surface area contributed by atoms with Crippen LogP contribution in [-0.2, 0) is 11.3 Å². The van der Waals surface area contributed by atoms with Crippen molar-refractivity contribution in [1.29, 1.82) is 0 Å². The summed E-state index contributed by atoms with van der Waals surface area (Å²) in [6.07, 6.45) is 0.703. The molecule has 1 atom stereocenters. The van der Waals surface area contributed by atoms with Crippen LogP contribution in [0.1, 0.15) is 47.2 Å². The van der Waals surface area contributed by atoms with E-state index in [0.717, 1.165) is 55.3 Å². The summed E-state index contributed by atoms with van der Waals surface area (Å²) in [4.78, 5) is 18.4. The molecule has 0 aromatic heterocycles. The Morgan fingerprint density at radius 3 is 2.34 bits per heavy atom. The highest BCUT2D eigenvalue weighted by Gasteiger charge is 2.34. The largest absolute Gasteiger partial charge is 0.494 e. The SMILES string of the molecule is CCOc1ccc([C@@H]2CC(c3cc(C)ccc3C)=NN2C(=O)CN2CCN(Cc3ccccc3)CC2)cc1. The molecular weight excluding hydrogens is 472 g/mol. The molecule has 2 aliphatic rings. The summed E-state index contributed by atoms with van der Waals surface area (Å²) in [5.41, 5.74) is 6.91. The number of piperazine rings is 1. The van der Waals surface area contributed by atoms with Crippen LogP contribution in [-0.4, -0.2) is 65.8 Å². The number of hydrogen-bond acceptors (Lipinski definition) is 5. The summed E-state index contributed by atoms with van der Waals surface area (Å²) >= 11 is 0. The van der Waals surface area contributed by atoms with Crippen molar-refractivity contribution in [2.45, 2.75) is 39.8 Å². The Balaban J connectivity index is 1.30. The van der Waals surface area contributed by atoms with Crippen LogP contribution in [0.5, 0.6) is 5.75 Å². The van der Waals surface area contributed by atoms with Gasteiger partial charge in [-0.1, -0.05) is 60.2 Å². The normalized spacial score (nSPS) is 18.4. The first-order valence-electron chi connectivity index (χ1n) is 13.7. The van der Waals surface area contributed by atoms with E-state index in [9.17, 15) is 4.79 Å². The van der Waals surface area contributed by atoms with Gasteiger partial charge in [0.2, 0.25) is 0 Å². The van der Waals surface area contributed by atoms with Gasteiger partial charge in [-0.25, -0.2) is 5.01 Å². The molecule has 0 unspecified atom stereocenters. The zero-order valence-electron chi connectivity index (χ0n) is 22.8. The Kier molecular flexibility index (Phi) is 8.20. The standard InChI is InChI=1S/C32H38N4O2/c1-4-38-28-14-12-27(13-15-28)31-21-30(29-20-24(2)10-11-25(29)3)33-36(31)32(37)23-35-18-16-34(17-19-35)22-26-8-6-5-7-9-26/h5-15,20,31H,4,16-19,21-23H2,1-3H3/t31-/m0/s1. The van der Waals surface area contributed by atoms with Gasteiger partial charge < -0.3 is 4.74 Å². The van der Waals surface area contributed by atoms with E-state index in [0.29, 0.717) is 19.6 Å². The Bertz CT molecular complexity index is 1260. The molecule has 0 aliphatic carbocycles. The van der Waals surface area contributed by atoms with E-state index in [1.807, 2.05) is 19.1 Å². The third-order valence-electron chi connectivity index (χ3n) is 7.52. The van der Waals surface area contributed by atoms with E-state index in [-0.39, 0.29) is 11.9 Å². The van der Waals surface area contributed by atoms with E-state index in [2.05, 4.69) is 84.3 Å². The van der Waals surface area contributed by atoms with Crippen LogP contribution in [0.2, 0.25) is 0 Å². The molecule has 38 heavy (non-hydrogen) atoms. The molecule has 3 aromatic carbocycles. The molecule has 2 aliphatic heterocycles. The summed E-state index contributed by atoms with van der Waals surface area (Å²) in [6.45, 7) is 11.9. The zero-order chi connectivity index (χ0) is 26.5. The fourth-order valence-corrected chi connectivity index (χ4v) is 5.37. The van der Waals surface area contributed by atoms with Crippen molar-refractivity contribution in [2.24, 2.45) is 5.10 Å². The van der Waals surface area contributed by atoms with Crippen molar-refractivity contribution in [1.82, 2.24) is 14.8 Å². The average molecular weight is 511 g/mol. The summed E-state index contributed by atoms with van der Waals surface area (Å²) in [7, 11) is 0. The van der Waals surface area contributed by atoms with Crippen LogP contribution >= 0.6 is 0 Å². The van der Waals surface area contributed by atoms with Gasteiger partial charge >= 0.3 is 0 Å². The molecule has 0 saturated carbocycles. The van der Waals surface area contributed by atoms with E-state index in [4.69, 9.17) is 9.84 Å². The first-order chi connectivity index (χ1) is 18.5. The van der Waals surface area contributed by atoms with Gasteiger partial charge in [0, 0.05) is 44.7 Å². The predicted octanol–water partition coefficient (Wildman–Crippen LogP) is 5.20. The van der Waals surface area contributed by atoms with Crippen molar-refractivity contribution < 1.29 is 9.53 Å². The fraction of sp³-hybridized carbons (Fsp3) is 0.375. The lowest BCUT2D eigenvalue weighted by Gasteiger charge is -2.35. The average Bonchev–Trinajstić information content (AvgIpc) is 3.38. The number of ether oxygens (including phenoxy) is 1. The summed E-state index contributed by atoms with van der Waals surface area (Å²) in [5.74, 6) is 0.900. The third kappa shape index (κ3) is 6.14. The first kappa shape index (κ1) is 26.1. The zero-order valence-corrected chi connectivity index (χ0v) is 22.8. The Morgan fingerprint density at radius 2 is 1.63 bits per heavy atom. The van der Waals surface area contributed by atoms with E-state index in [1.54, 1.807) is 5.01 Å². The molecule has 1 fully saturated rings. The maximum Gasteiger partial charge on any atom is 0.257 e. The van der Waals surface area contributed by atoms with Gasteiger partial charge in [0.1, 0.15) is 5.75 Å². The lowest BCUT2D eigenvalue weighted by atomic mass is 9.95. The van der Waals surface area contributed by atoms with Gasteiger partial charge in [-0.05, 0) is 55.7 Å². The van der Waals surface area contributed by atoms with Gasteiger partial charge in [0.15, 0.2) is 0 Å². The highest BCUT2D eigenvalue weighted by Crippen LogP contribution is 2.34. The molecule has 6 nitrogen and oxygen atoms in total. The molecule has 6 heteroatoms. The van der Waals surface area contributed by atoms with E-state index in [1.165, 1.54) is 16.7 Å². The minimum Gasteiger partial charge on any atom is -0.494 e. The number of carbonyl (C=O) groups excluding carboxylic acids is 1. The monoisotopic (exact) mass is 510 g/mol. The second-order valence-corrected chi connectivity index (χ2v) is 10.4. The van der Waals surface area contributed by atoms with Crippen molar-refractivity contribution in [2.75, 3.05) is 39.3 Å². The Hall–Kier alpha value is -3.48. The molecular formula is C32H38N4O2. The number of rotatable bonds is 8. The first-order valence-corrected chi connectivity index (χ1v) is 13.7. The van der Waals surface area contributed by atoms with Crippen molar-refractivity contribution in [3.63, 3.8) is 0 Å². The second kappa shape index (κ2) is 11.9. The highest BCUT2D eigenvalue weighted by atomic mass is 16.5. The van der Waals surface area contributed by atoms with Gasteiger partial charge in [-0.2, -0.15) is 5.10 Å². The smallest absolute Gasteiger partial charge is 0.257 e. The maximum atomic E-state index is 13.7. The number of hydrazone groups is 1. The van der Waals surface area contributed by atoms with Crippen LogP contribution in [0.15, 0.2) is 77.9 Å². The number of benzene rings is 3. The van der Waals surface area contributed by atoms with Gasteiger partial charge in [-0.15, -0.1) is 0 Å². The Morgan fingerprint density at radius 1 is 0.921 bits per heavy atom. The van der Waals surface area contributed by atoms with Crippen LogP contribution in [0.4, 0.5) is 0 Å². The van der Waals surface area contributed by atoms with Crippen LogP contribution in [0.25, 0.3) is 0 Å². The van der Waals surface area contributed by atoms with Crippen LogP contribution < -0.4 is 4.74 Å². The molecule has 5 rings (SSSR count). The fourth-order valence-electron chi connectivity index (χ4n) is 5.37. The van der Waals surface area contributed by atoms with Crippen LogP contribution in [0, 0.1) is 13.8 Å². The van der Waals surface area contributed by atoms with Gasteiger partial charge in [0.25, 0.3) is 5.91 Å². The Labute approximate surface area is 226 Å². The predicted molar refractivity (Wildman–Crippen MR) is 152 cm³/mol. The molecule has 2 heterocycles. The lowest BCUT2D eigenvalue weighted by Crippen LogP contribution is -2.49. The topological polar surface area (TPSA) is 48.4 Å². The molecule has 0 N–H and O–H groups in total. The lowest BCUT2D eigenvalue weighted by molar-refractivity contribution is -0.134. The van der Waals surface area contributed by atoms with Crippen LogP contribution in [0.3, 0.4) is 0 Å². The molecule has 1 amide bonds. The van der Waals surface area contributed by atoms with E-state index < -0.39 is 0 Å². The third-order valence-corrected chi connectivity index (χ3v) is 7.52. The number of nitrogens with zero attached hydrogens (tertiary/aromatic N) is 4. The molecule has 0 radical (unpaired) electrons. The number of aryl methyl sites for hydroxylation is 2.